The number of pyridine rings is 1. The van der Waals surface area contributed by atoms with Gasteiger partial charge in [0, 0.05) is 12.3 Å². The van der Waals surface area contributed by atoms with Gasteiger partial charge in [0.1, 0.15) is 5.60 Å². The molecule has 2 heteroatoms. The first-order valence-electron chi connectivity index (χ1n) is 4.29. The molecule has 70 valence electrons. The van der Waals surface area contributed by atoms with Crippen LogP contribution in [0.2, 0.25) is 0 Å². The molecule has 0 atom stereocenters. The third kappa shape index (κ3) is 3.28. The zero-order valence-corrected chi connectivity index (χ0v) is 8.37. The van der Waals surface area contributed by atoms with Crippen LogP contribution in [-0.4, -0.2) is 10.6 Å². The van der Waals surface area contributed by atoms with Crippen LogP contribution < -0.4 is 4.74 Å². The summed E-state index contributed by atoms with van der Waals surface area (Å²) in [6.45, 7) is 9.67. The molecule has 0 saturated carbocycles. The third-order valence-corrected chi connectivity index (χ3v) is 1.41. The zero-order chi connectivity index (χ0) is 9.90. The number of hydrogen-bond donors (Lipinski definition) is 0. The Morgan fingerprint density at radius 2 is 2.15 bits per heavy atom. The Labute approximate surface area is 79.3 Å². The van der Waals surface area contributed by atoms with Gasteiger partial charge in [0.2, 0.25) is 5.88 Å². The number of aromatic nitrogens is 1. The van der Waals surface area contributed by atoms with Gasteiger partial charge in [-0.15, -0.1) is 0 Å². The lowest BCUT2D eigenvalue weighted by Gasteiger charge is -2.20. The Hall–Kier alpha value is -1.31. The summed E-state index contributed by atoms with van der Waals surface area (Å²) in [4.78, 5) is 4.10. The van der Waals surface area contributed by atoms with Gasteiger partial charge >= 0.3 is 0 Å². The van der Waals surface area contributed by atoms with Gasteiger partial charge in [-0.2, -0.15) is 0 Å². The van der Waals surface area contributed by atoms with E-state index in [0.717, 1.165) is 5.56 Å². The molecule has 0 unspecified atom stereocenters. The van der Waals surface area contributed by atoms with Gasteiger partial charge in [0.25, 0.3) is 0 Å². The van der Waals surface area contributed by atoms with E-state index in [1.807, 2.05) is 32.9 Å². The first-order chi connectivity index (χ1) is 6.01. The molecule has 0 amide bonds. The minimum atomic E-state index is -0.202. The Balaban J connectivity index is 2.84. The van der Waals surface area contributed by atoms with E-state index in [1.54, 1.807) is 12.3 Å². The van der Waals surface area contributed by atoms with E-state index in [0.29, 0.717) is 5.88 Å². The fourth-order valence-electron chi connectivity index (χ4n) is 0.921. The predicted molar refractivity (Wildman–Crippen MR) is 54.7 cm³/mol. The minimum absolute atomic E-state index is 0.202. The number of hydrogen-bond acceptors (Lipinski definition) is 2. The third-order valence-electron chi connectivity index (χ3n) is 1.41. The summed E-state index contributed by atoms with van der Waals surface area (Å²) in [5, 5.41) is 0. The van der Waals surface area contributed by atoms with Crippen LogP contribution in [0.5, 0.6) is 5.88 Å². The van der Waals surface area contributed by atoms with Crippen molar-refractivity contribution >= 4 is 6.08 Å². The quantitative estimate of drug-likeness (QED) is 0.693. The Morgan fingerprint density at radius 1 is 1.46 bits per heavy atom. The highest BCUT2D eigenvalue weighted by molar-refractivity contribution is 5.47. The SMILES string of the molecule is C=Cc1ccnc(OC(C)(C)C)c1. The summed E-state index contributed by atoms with van der Waals surface area (Å²) in [5.41, 5.74) is 0.821. The maximum absolute atomic E-state index is 5.59. The molecule has 1 heterocycles. The second kappa shape index (κ2) is 3.60. The van der Waals surface area contributed by atoms with Gasteiger partial charge in [-0.1, -0.05) is 12.7 Å². The van der Waals surface area contributed by atoms with Crippen LogP contribution in [0.15, 0.2) is 24.9 Å². The summed E-state index contributed by atoms with van der Waals surface area (Å²) in [7, 11) is 0. The average Bonchev–Trinajstić information content (AvgIpc) is 2.01. The summed E-state index contributed by atoms with van der Waals surface area (Å²) < 4.78 is 5.59. The van der Waals surface area contributed by atoms with Crippen LogP contribution in [0.3, 0.4) is 0 Å². The molecule has 0 fully saturated rings. The van der Waals surface area contributed by atoms with Crippen LogP contribution in [0.4, 0.5) is 0 Å². The van der Waals surface area contributed by atoms with Crippen LogP contribution in [-0.2, 0) is 0 Å². The van der Waals surface area contributed by atoms with Crippen molar-refractivity contribution in [1.82, 2.24) is 4.98 Å². The summed E-state index contributed by atoms with van der Waals surface area (Å²) >= 11 is 0. The molecule has 0 aliphatic rings. The monoisotopic (exact) mass is 177 g/mol. The van der Waals surface area contributed by atoms with E-state index in [4.69, 9.17) is 4.74 Å². The molecule has 0 aromatic carbocycles. The van der Waals surface area contributed by atoms with Gasteiger partial charge in [-0.3, -0.25) is 0 Å². The maximum atomic E-state index is 5.59. The van der Waals surface area contributed by atoms with Crippen molar-refractivity contribution in [1.29, 1.82) is 0 Å². The molecule has 0 spiro atoms. The van der Waals surface area contributed by atoms with Crippen molar-refractivity contribution in [2.24, 2.45) is 0 Å². The lowest BCUT2D eigenvalue weighted by Crippen LogP contribution is -2.23. The first-order valence-corrected chi connectivity index (χ1v) is 4.29. The number of rotatable bonds is 2. The summed E-state index contributed by atoms with van der Waals surface area (Å²) in [5.74, 6) is 0.643. The summed E-state index contributed by atoms with van der Waals surface area (Å²) in [6, 6.07) is 3.76. The van der Waals surface area contributed by atoms with Crippen molar-refractivity contribution < 1.29 is 4.74 Å². The molecule has 13 heavy (non-hydrogen) atoms. The first kappa shape index (κ1) is 9.78. The average molecular weight is 177 g/mol. The van der Waals surface area contributed by atoms with E-state index in [9.17, 15) is 0 Å². The van der Waals surface area contributed by atoms with Crippen molar-refractivity contribution in [2.45, 2.75) is 26.4 Å². The number of ether oxygens (including phenoxy) is 1. The smallest absolute Gasteiger partial charge is 0.214 e. The highest BCUT2D eigenvalue weighted by Gasteiger charge is 2.12. The molecule has 0 aliphatic heterocycles. The highest BCUT2D eigenvalue weighted by Crippen LogP contribution is 2.16. The molecule has 0 N–H and O–H groups in total. The molecular weight excluding hydrogens is 162 g/mol. The largest absolute Gasteiger partial charge is 0.472 e. The molecule has 0 radical (unpaired) electrons. The fraction of sp³-hybridized carbons (Fsp3) is 0.364. The van der Waals surface area contributed by atoms with E-state index in [-0.39, 0.29) is 5.60 Å². The van der Waals surface area contributed by atoms with E-state index in [2.05, 4.69) is 11.6 Å². The highest BCUT2D eigenvalue weighted by atomic mass is 16.5. The minimum Gasteiger partial charge on any atom is -0.472 e. The van der Waals surface area contributed by atoms with Crippen molar-refractivity contribution in [3.8, 4) is 5.88 Å². The van der Waals surface area contributed by atoms with Crippen LogP contribution in [0, 0.1) is 0 Å². The van der Waals surface area contributed by atoms with Crippen molar-refractivity contribution in [2.75, 3.05) is 0 Å². The molecule has 1 aromatic rings. The van der Waals surface area contributed by atoms with Crippen LogP contribution in [0.25, 0.3) is 6.08 Å². The van der Waals surface area contributed by atoms with E-state index < -0.39 is 0 Å². The molecule has 1 rings (SSSR count). The van der Waals surface area contributed by atoms with Crippen LogP contribution in [0.1, 0.15) is 26.3 Å². The molecular formula is C11H15NO. The molecule has 0 aliphatic carbocycles. The van der Waals surface area contributed by atoms with Gasteiger partial charge in [-0.25, -0.2) is 4.98 Å². The molecule has 1 aromatic heterocycles. The predicted octanol–water partition coefficient (Wildman–Crippen LogP) is 2.90. The van der Waals surface area contributed by atoms with E-state index >= 15 is 0 Å². The molecule has 0 saturated heterocycles. The maximum Gasteiger partial charge on any atom is 0.214 e. The summed E-state index contributed by atoms with van der Waals surface area (Å²) in [6.07, 6.45) is 3.50. The number of nitrogens with zero attached hydrogens (tertiary/aromatic N) is 1. The van der Waals surface area contributed by atoms with Crippen molar-refractivity contribution in [3.05, 3.63) is 30.5 Å². The lowest BCUT2D eigenvalue weighted by atomic mass is 10.2. The van der Waals surface area contributed by atoms with Gasteiger partial charge in [-0.05, 0) is 32.4 Å². The van der Waals surface area contributed by atoms with E-state index in [1.165, 1.54) is 0 Å². The van der Waals surface area contributed by atoms with Gasteiger partial charge in [0.15, 0.2) is 0 Å². The van der Waals surface area contributed by atoms with Crippen LogP contribution >= 0.6 is 0 Å². The zero-order valence-electron chi connectivity index (χ0n) is 8.37. The second-order valence-corrected chi connectivity index (χ2v) is 3.85. The van der Waals surface area contributed by atoms with Gasteiger partial charge in [0.05, 0.1) is 0 Å². The lowest BCUT2D eigenvalue weighted by molar-refractivity contribution is 0.124. The standard InChI is InChI=1S/C11H15NO/c1-5-9-6-7-12-10(8-9)13-11(2,3)4/h5-8H,1H2,2-4H3. The Bertz CT molecular complexity index is 299. The molecule has 2 nitrogen and oxygen atoms in total. The topological polar surface area (TPSA) is 22.1 Å². The normalized spacial score (nSPS) is 11.0. The van der Waals surface area contributed by atoms with Crippen molar-refractivity contribution in [3.63, 3.8) is 0 Å². The Kier molecular flexibility index (Phi) is 2.71. The molecule has 0 bridgehead atoms. The second-order valence-electron chi connectivity index (χ2n) is 3.85. The van der Waals surface area contributed by atoms with Gasteiger partial charge < -0.3 is 4.74 Å². The Morgan fingerprint density at radius 3 is 2.69 bits per heavy atom. The fourth-order valence-corrected chi connectivity index (χ4v) is 0.921.